The van der Waals surface area contributed by atoms with Crippen LogP contribution in [0.25, 0.3) is 22.0 Å². The first kappa shape index (κ1) is 16.7. The Morgan fingerprint density at radius 1 is 1.00 bits per heavy atom. The van der Waals surface area contributed by atoms with Gasteiger partial charge in [-0.1, -0.05) is 42.0 Å². The average molecular weight is 345 g/mol. The lowest BCUT2D eigenvalue weighted by atomic mass is 10.00. The molecule has 0 bridgehead atoms. The molecule has 0 radical (unpaired) electrons. The van der Waals surface area contributed by atoms with E-state index in [9.17, 15) is 13.2 Å². The number of aromatic nitrogens is 2. The van der Waals surface area contributed by atoms with Crippen LogP contribution in [0.1, 0.15) is 11.1 Å². The molecule has 5 nitrogen and oxygen atoms in total. The monoisotopic (exact) mass is 345 g/mol. The van der Waals surface area contributed by atoms with Gasteiger partial charge in [0, 0.05) is 16.3 Å². The van der Waals surface area contributed by atoms with E-state index < -0.39 is 17.7 Å². The lowest BCUT2D eigenvalue weighted by molar-refractivity contribution is -0.136. The highest BCUT2D eigenvalue weighted by molar-refractivity contribution is 6.02. The fourth-order valence-corrected chi connectivity index (χ4v) is 2.55. The van der Waals surface area contributed by atoms with Gasteiger partial charge in [-0.2, -0.15) is 18.2 Å². The number of benzene rings is 2. The fourth-order valence-electron chi connectivity index (χ4n) is 2.55. The molecule has 3 aromatic rings. The number of aliphatic imine (C=N–C) groups is 1. The molecular formula is C17H14F3N5. The van der Waals surface area contributed by atoms with Gasteiger partial charge >= 0.3 is 6.18 Å². The van der Waals surface area contributed by atoms with Crippen LogP contribution in [0.4, 0.5) is 19.0 Å². The standard InChI is InChI=1S/C17H14F3N5/c1-9-5-7-10(8-6-9)14-11-3-2-4-12(17(18,19)20)13(11)15(25-24-14)23-16(21)22/h2-8H,1H3,(H4,21,22,23,25). The normalized spacial score (nSPS) is 11.5. The van der Waals surface area contributed by atoms with Crippen LogP contribution in [0.5, 0.6) is 0 Å². The largest absolute Gasteiger partial charge is 0.417 e. The highest BCUT2D eigenvalue weighted by atomic mass is 19.4. The number of halogens is 3. The molecule has 1 aromatic heterocycles. The predicted molar refractivity (Wildman–Crippen MR) is 90.2 cm³/mol. The molecule has 1 heterocycles. The van der Waals surface area contributed by atoms with E-state index in [0.717, 1.165) is 11.6 Å². The number of alkyl halides is 3. The van der Waals surface area contributed by atoms with E-state index in [1.165, 1.54) is 6.07 Å². The average Bonchev–Trinajstić information content (AvgIpc) is 2.54. The van der Waals surface area contributed by atoms with Crippen LogP contribution < -0.4 is 11.5 Å². The number of hydrogen-bond acceptors (Lipinski definition) is 3. The summed E-state index contributed by atoms with van der Waals surface area (Å²) in [4.78, 5) is 3.71. The summed E-state index contributed by atoms with van der Waals surface area (Å²) in [6.07, 6.45) is -4.58. The van der Waals surface area contributed by atoms with Crippen LogP contribution >= 0.6 is 0 Å². The Hall–Kier alpha value is -3.16. The van der Waals surface area contributed by atoms with Gasteiger partial charge in [0.2, 0.25) is 0 Å². The zero-order chi connectivity index (χ0) is 18.2. The van der Waals surface area contributed by atoms with Crippen LogP contribution in [0.3, 0.4) is 0 Å². The summed E-state index contributed by atoms with van der Waals surface area (Å²) in [6.45, 7) is 1.91. The molecule has 0 amide bonds. The Morgan fingerprint density at radius 3 is 2.28 bits per heavy atom. The van der Waals surface area contributed by atoms with Crippen LogP contribution in [0.15, 0.2) is 47.5 Å². The summed E-state index contributed by atoms with van der Waals surface area (Å²) in [6, 6.07) is 11.1. The summed E-state index contributed by atoms with van der Waals surface area (Å²) in [5.41, 5.74) is 11.8. The summed E-state index contributed by atoms with van der Waals surface area (Å²) >= 11 is 0. The summed E-state index contributed by atoms with van der Waals surface area (Å²) in [7, 11) is 0. The van der Waals surface area contributed by atoms with Crippen LogP contribution in [-0.2, 0) is 6.18 Å². The molecule has 0 unspecified atom stereocenters. The lowest BCUT2D eigenvalue weighted by Gasteiger charge is -2.13. The van der Waals surface area contributed by atoms with Gasteiger partial charge in [0.15, 0.2) is 11.8 Å². The first-order chi connectivity index (χ1) is 11.8. The molecule has 0 saturated heterocycles. The van der Waals surface area contributed by atoms with Crippen molar-refractivity contribution >= 4 is 22.5 Å². The second kappa shape index (κ2) is 6.04. The number of nitrogens with two attached hydrogens (primary N) is 2. The summed E-state index contributed by atoms with van der Waals surface area (Å²) in [5.74, 6) is -0.658. The zero-order valence-corrected chi connectivity index (χ0v) is 13.2. The number of aryl methyl sites for hydroxylation is 1. The van der Waals surface area contributed by atoms with Crippen molar-refractivity contribution in [2.45, 2.75) is 13.1 Å². The maximum Gasteiger partial charge on any atom is 0.417 e. The molecule has 4 N–H and O–H groups in total. The van der Waals surface area contributed by atoms with E-state index in [1.54, 1.807) is 18.2 Å². The Bertz CT molecular complexity index is 958. The lowest BCUT2D eigenvalue weighted by Crippen LogP contribution is -2.22. The van der Waals surface area contributed by atoms with E-state index >= 15 is 0 Å². The van der Waals surface area contributed by atoms with E-state index in [2.05, 4.69) is 15.2 Å². The Kier molecular flexibility index (Phi) is 4.03. The maximum atomic E-state index is 13.5. The molecule has 8 heteroatoms. The zero-order valence-electron chi connectivity index (χ0n) is 13.2. The molecule has 0 atom stereocenters. The van der Waals surface area contributed by atoms with Gasteiger partial charge in [-0.3, -0.25) is 0 Å². The maximum absolute atomic E-state index is 13.5. The SMILES string of the molecule is Cc1ccc(-c2nnc(N=C(N)N)c3c(C(F)(F)F)cccc23)cc1. The molecular weight excluding hydrogens is 331 g/mol. The van der Waals surface area contributed by atoms with Crippen molar-refractivity contribution in [3.63, 3.8) is 0 Å². The molecule has 128 valence electrons. The van der Waals surface area contributed by atoms with Crippen molar-refractivity contribution < 1.29 is 13.2 Å². The first-order valence-electron chi connectivity index (χ1n) is 7.30. The third-order valence-electron chi connectivity index (χ3n) is 3.65. The summed E-state index contributed by atoms with van der Waals surface area (Å²) in [5, 5.41) is 7.96. The fraction of sp³-hybridized carbons (Fsp3) is 0.118. The molecule has 0 aliphatic heterocycles. The van der Waals surface area contributed by atoms with Gasteiger partial charge in [0.1, 0.15) is 5.69 Å². The Morgan fingerprint density at radius 2 is 1.68 bits per heavy atom. The third-order valence-corrected chi connectivity index (χ3v) is 3.65. The molecule has 3 rings (SSSR count). The quantitative estimate of drug-likeness (QED) is 0.549. The minimum atomic E-state index is -4.58. The topological polar surface area (TPSA) is 90.2 Å². The highest BCUT2D eigenvalue weighted by Crippen LogP contribution is 2.40. The summed E-state index contributed by atoms with van der Waals surface area (Å²) < 4.78 is 40.4. The first-order valence-corrected chi connectivity index (χ1v) is 7.30. The van der Waals surface area contributed by atoms with Crippen molar-refractivity contribution in [1.29, 1.82) is 0 Å². The molecule has 0 saturated carbocycles. The number of guanidine groups is 1. The minimum Gasteiger partial charge on any atom is -0.370 e. The van der Waals surface area contributed by atoms with Gasteiger partial charge in [0.25, 0.3) is 0 Å². The number of nitrogens with zero attached hydrogens (tertiary/aromatic N) is 3. The van der Waals surface area contributed by atoms with Crippen molar-refractivity contribution in [1.82, 2.24) is 10.2 Å². The van der Waals surface area contributed by atoms with Crippen molar-refractivity contribution in [3.05, 3.63) is 53.6 Å². The molecule has 25 heavy (non-hydrogen) atoms. The number of hydrogen-bond donors (Lipinski definition) is 2. The minimum absolute atomic E-state index is 0.186. The Labute approximate surface area is 141 Å². The molecule has 2 aromatic carbocycles. The van der Waals surface area contributed by atoms with Crippen LogP contribution in [0, 0.1) is 6.92 Å². The van der Waals surface area contributed by atoms with E-state index in [4.69, 9.17) is 11.5 Å². The Balaban J connectivity index is 2.40. The predicted octanol–water partition coefficient (Wildman–Crippen LogP) is 3.53. The van der Waals surface area contributed by atoms with Gasteiger partial charge in [0.05, 0.1) is 5.56 Å². The second-order valence-corrected chi connectivity index (χ2v) is 5.50. The second-order valence-electron chi connectivity index (χ2n) is 5.50. The third kappa shape index (κ3) is 3.23. The molecule has 0 aliphatic rings. The molecule has 0 fully saturated rings. The molecule has 0 spiro atoms. The smallest absolute Gasteiger partial charge is 0.370 e. The molecule has 0 aliphatic carbocycles. The highest BCUT2D eigenvalue weighted by Gasteiger charge is 2.34. The van der Waals surface area contributed by atoms with Crippen molar-refractivity contribution in [2.75, 3.05) is 0 Å². The van der Waals surface area contributed by atoms with Crippen molar-refractivity contribution in [2.24, 2.45) is 16.5 Å². The van der Waals surface area contributed by atoms with E-state index in [1.807, 2.05) is 19.1 Å². The number of fused-ring (bicyclic) bond motifs is 1. The van der Waals surface area contributed by atoms with Gasteiger partial charge in [-0.05, 0) is 13.0 Å². The van der Waals surface area contributed by atoms with E-state index in [0.29, 0.717) is 11.3 Å². The van der Waals surface area contributed by atoms with Crippen LogP contribution in [0.2, 0.25) is 0 Å². The van der Waals surface area contributed by atoms with E-state index in [-0.39, 0.29) is 16.6 Å². The van der Waals surface area contributed by atoms with Crippen LogP contribution in [-0.4, -0.2) is 16.2 Å². The van der Waals surface area contributed by atoms with Gasteiger partial charge < -0.3 is 11.5 Å². The van der Waals surface area contributed by atoms with Crippen molar-refractivity contribution in [3.8, 4) is 11.3 Å². The van der Waals surface area contributed by atoms with Gasteiger partial charge in [-0.15, -0.1) is 10.2 Å². The van der Waals surface area contributed by atoms with Gasteiger partial charge in [-0.25, -0.2) is 0 Å². The number of rotatable bonds is 2.